The number of alkyl halides is 3. The standard InChI is InChI=1S/C11H7Cl3N2O4S/c12-11(13,14)8-6-7(16(17)18)3-4-9(8)21(19,20)10-2-1-5-15-10/h1-6,15H. The summed E-state index contributed by atoms with van der Waals surface area (Å²) in [6, 6.07) is 5.84. The van der Waals surface area contributed by atoms with Gasteiger partial charge in [-0.15, -0.1) is 0 Å². The van der Waals surface area contributed by atoms with E-state index in [4.69, 9.17) is 34.8 Å². The maximum absolute atomic E-state index is 12.5. The summed E-state index contributed by atoms with van der Waals surface area (Å²) in [5.41, 5.74) is -0.655. The Balaban J connectivity index is 2.73. The van der Waals surface area contributed by atoms with Crippen molar-refractivity contribution in [3.05, 3.63) is 52.2 Å². The Hall–Kier alpha value is -1.28. The van der Waals surface area contributed by atoms with Crippen LogP contribution in [0.4, 0.5) is 5.69 Å². The Morgan fingerprint density at radius 3 is 2.33 bits per heavy atom. The van der Waals surface area contributed by atoms with Crippen LogP contribution in [0.3, 0.4) is 0 Å². The number of nitrogens with zero attached hydrogens (tertiary/aromatic N) is 1. The van der Waals surface area contributed by atoms with Crippen LogP contribution >= 0.6 is 34.8 Å². The normalized spacial score (nSPS) is 12.3. The third kappa shape index (κ3) is 3.16. The van der Waals surface area contributed by atoms with Crippen LogP contribution in [-0.4, -0.2) is 18.3 Å². The van der Waals surface area contributed by atoms with Crippen molar-refractivity contribution in [1.29, 1.82) is 0 Å². The molecule has 1 aromatic carbocycles. The molecular formula is C11H7Cl3N2O4S. The van der Waals surface area contributed by atoms with Crippen LogP contribution in [0.1, 0.15) is 5.56 Å². The van der Waals surface area contributed by atoms with Crippen molar-refractivity contribution in [2.75, 3.05) is 0 Å². The minimum Gasteiger partial charge on any atom is -0.352 e. The van der Waals surface area contributed by atoms with Crippen molar-refractivity contribution in [2.45, 2.75) is 13.7 Å². The highest BCUT2D eigenvalue weighted by Gasteiger charge is 2.34. The molecule has 0 radical (unpaired) electrons. The van der Waals surface area contributed by atoms with Crippen LogP contribution in [0.15, 0.2) is 46.5 Å². The molecule has 21 heavy (non-hydrogen) atoms. The minimum absolute atomic E-state index is 0.105. The highest BCUT2D eigenvalue weighted by atomic mass is 35.6. The fraction of sp³-hybridized carbons (Fsp3) is 0.0909. The maximum atomic E-state index is 12.5. The van der Waals surface area contributed by atoms with Gasteiger partial charge in [-0.2, -0.15) is 0 Å². The Bertz CT molecular complexity index is 782. The molecular weight excluding hydrogens is 363 g/mol. The van der Waals surface area contributed by atoms with E-state index in [2.05, 4.69) is 4.98 Å². The Morgan fingerprint density at radius 2 is 1.86 bits per heavy atom. The van der Waals surface area contributed by atoms with Gasteiger partial charge in [0.15, 0.2) is 0 Å². The average Bonchev–Trinajstić information content (AvgIpc) is 2.91. The lowest BCUT2D eigenvalue weighted by Gasteiger charge is -2.16. The van der Waals surface area contributed by atoms with E-state index < -0.39 is 18.6 Å². The number of nitrogens with one attached hydrogen (secondary N) is 1. The van der Waals surface area contributed by atoms with Gasteiger partial charge >= 0.3 is 0 Å². The molecule has 1 aromatic heterocycles. The summed E-state index contributed by atoms with van der Waals surface area (Å²) in [6.45, 7) is 0. The van der Waals surface area contributed by atoms with Crippen LogP contribution < -0.4 is 0 Å². The van der Waals surface area contributed by atoms with E-state index >= 15 is 0 Å². The number of H-pyrrole nitrogens is 1. The van der Waals surface area contributed by atoms with E-state index in [1.54, 1.807) is 0 Å². The molecule has 0 aliphatic carbocycles. The largest absolute Gasteiger partial charge is 0.352 e. The van der Waals surface area contributed by atoms with Gasteiger partial charge in [0.05, 0.1) is 9.82 Å². The van der Waals surface area contributed by atoms with Crippen LogP contribution in [-0.2, 0) is 13.6 Å². The lowest BCUT2D eigenvalue weighted by molar-refractivity contribution is -0.385. The van der Waals surface area contributed by atoms with Crippen molar-refractivity contribution in [3.63, 3.8) is 0 Å². The van der Waals surface area contributed by atoms with Gasteiger partial charge in [-0.1, -0.05) is 34.8 Å². The van der Waals surface area contributed by atoms with Crippen LogP contribution in [0.2, 0.25) is 0 Å². The summed E-state index contributed by atoms with van der Waals surface area (Å²) >= 11 is 17.2. The average molecular weight is 370 g/mol. The summed E-state index contributed by atoms with van der Waals surface area (Å²) in [4.78, 5) is 12.3. The summed E-state index contributed by atoms with van der Waals surface area (Å²) in [6.07, 6.45) is 1.42. The van der Waals surface area contributed by atoms with Gasteiger partial charge in [-0.25, -0.2) is 8.42 Å². The monoisotopic (exact) mass is 368 g/mol. The summed E-state index contributed by atoms with van der Waals surface area (Å²) in [7, 11) is -3.98. The number of non-ortho nitro benzene ring substituents is 1. The molecule has 2 aromatic rings. The molecule has 10 heteroatoms. The number of hydrogen-bond donors (Lipinski definition) is 1. The van der Waals surface area contributed by atoms with Gasteiger partial charge in [-0.05, 0) is 18.2 Å². The molecule has 0 bridgehead atoms. The molecule has 6 nitrogen and oxygen atoms in total. The number of aromatic nitrogens is 1. The number of hydrogen-bond acceptors (Lipinski definition) is 4. The van der Waals surface area contributed by atoms with E-state index in [1.165, 1.54) is 18.3 Å². The van der Waals surface area contributed by atoms with E-state index in [0.717, 1.165) is 18.2 Å². The van der Waals surface area contributed by atoms with E-state index in [0.29, 0.717) is 0 Å². The lowest BCUT2D eigenvalue weighted by atomic mass is 10.2. The molecule has 0 atom stereocenters. The number of aromatic amines is 1. The third-order valence-corrected chi connectivity index (χ3v) is 5.01. The van der Waals surface area contributed by atoms with E-state index in [-0.39, 0.29) is 21.2 Å². The minimum atomic E-state index is -3.98. The fourth-order valence-corrected chi connectivity index (χ4v) is 3.79. The zero-order chi connectivity index (χ0) is 15.8. The first kappa shape index (κ1) is 16.1. The van der Waals surface area contributed by atoms with Gasteiger partial charge in [-0.3, -0.25) is 10.1 Å². The second-order valence-electron chi connectivity index (χ2n) is 3.97. The molecule has 0 fully saturated rings. The van der Waals surface area contributed by atoms with Gasteiger partial charge in [0.1, 0.15) is 5.03 Å². The van der Waals surface area contributed by atoms with Gasteiger partial charge < -0.3 is 4.98 Å². The Kier molecular flexibility index (Phi) is 4.21. The predicted molar refractivity (Wildman–Crippen MR) is 78.6 cm³/mol. The predicted octanol–water partition coefficient (Wildman–Crippen LogP) is 3.58. The topological polar surface area (TPSA) is 93.1 Å². The fourth-order valence-electron chi connectivity index (χ4n) is 1.69. The van der Waals surface area contributed by atoms with Crippen molar-refractivity contribution in [2.24, 2.45) is 0 Å². The molecule has 112 valence electrons. The van der Waals surface area contributed by atoms with Gasteiger partial charge in [0.2, 0.25) is 13.6 Å². The third-order valence-electron chi connectivity index (χ3n) is 2.63. The highest BCUT2D eigenvalue weighted by molar-refractivity contribution is 7.91. The smallest absolute Gasteiger partial charge is 0.269 e. The van der Waals surface area contributed by atoms with Crippen molar-refractivity contribution in [1.82, 2.24) is 4.98 Å². The van der Waals surface area contributed by atoms with Crippen molar-refractivity contribution < 1.29 is 13.3 Å². The van der Waals surface area contributed by atoms with Crippen LogP contribution in [0, 0.1) is 10.1 Å². The van der Waals surface area contributed by atoms with E-state index in [9.17, 15) is 18.5 Å². The molecule has 1 heterocycles. The summed E-state index contributed by atoms with van der Waals surface area (Å²) < 4.78 is 22.8. The summed E-state index contributed by atoms with van der Waals surface area (Å²) in [5, 5.41) is 10.7. The number of nitro benzene ring substituents is 1. The first-order valence-electron chi connectivity index (χ1n) is 5.38. The highest BCUT2D eigenvalue weighted by Crippen LogP contribution is 2.43. The van der Waals surface area contributed by atoms with Gasteiger partial charge in [0, 0.05) is 23.9 Å². The summed E-state index contributed by atoms with van der Waals surface area (Å²) in [5.74, 6) is 0. The van der Waals surface area contributed by atoms with E-state index in [1.807, 2.05) is 0 Å². The molecule has 0 aliphatic heterocycles. The first-order valence-corrected chi connectivity index (χ1v) is 8.00. The zero-order valence-corrected chi connectivity index (χ0v) is 13.2. The van der Waals surface area contributed by atoms with Crippen LogP contribution in [0.5, 0.6) is 0 Å². The molecule has 1 N–H and O–H groups in total. The molecule has 0 amide bonds. The number of halogens is 3. The Labute approximate surface area is 134 Å². The second-order valence-corrected chi connectivity index (χ2v) is 8.14. The van der Waals surface area contributed by atoms with Crippen molar-refractivity contribution in [3.8, 4) is 0 Å². The zero-order valence-electron chi connectivity index (χ0n) is 10.1. The Morgan fingerprint density at radius 1 is 1.19 bits per heavy atom. The molecule has 0 aliphatic rings. The lowest BCUT2D eigenvalue weighted by Crippen LogP contribution is -2.12. The molecule has 0 saturated carbocycles. The van der Waals surface area contributed by atoms with Crippen molar-refractivity contribution >= 4 is 50.3 Å². The molecule has 2 rings (SSSR count). The molecule has 0 spiro atoms. The maximum Gasteiger partial charge on any atom is 0.269 e. The number of nitro groups is 1. The number of rotatable bonds is 3. The second kappa shape index (κ2) is 5.49. The molecule has 0 unspecified atom stereocenters. The number of sulfone groups is 1. The molecule has 0 saturated heterocycles. The quantitative estimate of drug-likeness (QED) is 0.508. The first-order chi connectivity index (χ1) is 9.64. The SMILES string of the molecule is O=[N+]([O-])c1ccc(S(=O)(=O)c2ccc[nH]2)c(C(Cl)(Cl)Cl)c1. The van der Waals surface area contributed by atoms with Crippen LogP contribution in [0.25, 0.3) is 0 Å². The number of benzene rings is 1. The van der Waals surface area contributed by atoms with Gasteiger partial charge in [0.25, 0.3) is 5.69 Å².